The highest BCUT2D eigenvalue weighted by Gasteiger charge is 2.18. The molecule has 0 aromatic heterocycles. The molecule has 0 spiro atoms. The highest BCUT2D eigenvalue weighted by atomic mass is 16.5. The Kier molecular flexibility index (Phi) is 4.54. The molecule has 0 saturated carbocycles. The van der Waals surface area contributed by atoms with Crippen LogP contribution < -0.4 is 10.1 Å². The van der Waals surface area contributed by atoms with Gasteiger partial charge in [0.2, 0.25) is 5.91 Å². The minimum atomic E-state index is 0.0729. The maximum absolute atomic E-state index is 12.3. The number of carbonyl (C=O) groups excluding carboxylic acids is 1. The van der Waals surface area contributed by atoms with Crippen LogP contribution in [0.1, 0.15) is 19.3 Å². The molecule has 0 radical (unpaired) electrons. The maximum atomic E-state index is 12.3. The van der Waals surface area contributed by atoms with E-state index in [1.165, 1.54) is 0 Å². The first kappa shape index (κ1) is 14.4. The van der Waals surface area contributed by atoms with Gasteiger partial charge in [0.15, 0.2) is 0 Å². The van der Waals surface area contributed by atoms with Crippen LogP contribution in [-0.4, -0.2) is 5.91 Å². The summed E-state index contributed by atoms with van der Waals surface area (Å²) < 4.78 is 5.78. The van der Waals surface area contributed by atoms with Gasteiger partial charge in [-0.3, -0.25) is 4.79 Å². The van der Waals surface area contributed by atoms with Crippen LogP contribution in [-0.2, 0) is 4.79 Å². The monoisotopic (exact) mass is 293 g/mol. The molecule has 1 aliphatic rings. The van der Waals surface area contributed by atoms with Gasteiger partial charge in [-0.15, -0.1) is 0 Å². The molecule has 22 heavy (non-hydrogen) atoms. The Hall–Kier alpha value is -2.55. The van der Waals surface area contributed by atoms with Crippen molar-refractivity contribution in [3.05, 3.63) is 66.7 Å². The second kappa shape index (κ2) is 6.94. The van der Waals surface area contributed by atoms with Crippen LogP contribution in [0.3, 0.4) is 0 Å². The number of anilines is 1. The summed E-state index contributed by atoms with van der Waals surface area (Å²) in [6, 6.07) is 17.1. The average Bonchev–Trinajstić information content (AvgIpc) is 2.57. The number of para-hydroxylation sites is 1. The Morgan fingerprint density at radius 1 is 1.00 bits per heavy atom. The summed E-state index contributed by atoms with van der Waals surface area (Å²) in [5.74, 6) is 1.65. The Bertz CT molecular complexity index is 664. The maximum Gasteiger partial charge on any atom is 0.227 e. The van der Waals surface area contributed by atoms with E-state index in [1.54, 1.807) is 0 Å². The standard InChI is InChI=1S/C19H19NO2/c21-19(15-8-3-1-4-9-15)20-16-10-7-13-18(14-16)22-17-11-5-2-6-12-17/h1-3,5-7,10-15H,4,8-9H2,(H,20,21). The average molecular weight is 293 g/mol. The number of ether oxygens (including phenoxy) is 1. The van der Waals surface area contributed by atoms with Crippen molar-refractivity contribution in [2.45, 2.75) is 19.3 Å². The molecular weight excluding hydrogens is 274 g/mol. The summed E-state index contributed by atoms with van der Waals surface area (Å²) in [6.45, 7) is 0. The van der Waals surface area contributed by atoms with Gasteiger partial charge in [-0.05, 0) is 43.5 Å². The minimum Gasteiger partial charge on any atom is -0.457 e. The lowest BCUT2D eigenvalue weighted by molar-refractivity contribution is -0.120. The van der Waals surface area contributed by atoms with E-state index in [0.717, 1.165) is 30.7 Å². The molecule has 3 rings (SSSR count). The van der Waals surface area contributed by atoms with Gasteiger partial charge in [-0.1, -0.05) is 36.4 Å². The number of rotatable bonds is 4. The molecule has 1 N–H and O–H groups in total. The van der Waals surface area contributed by atoms with Gasteiger partial charge >= 0.3 is 0 Å². The van der Waals surface area contributed by atoms with Crippen LogP contribution >= 0.6 is 0 Å². The predicted molar refractivity (Wildman–Crippen MR) is 88.1 cm³/mol. The molecule has 1 unspecified atom stereocenters. The van der Waals surface area contributed by atoms with E-state index >= 15 is 0 Å². The quantitative estimate of drug-likeness (QED) is 0.824. The van der Waals surface area contributed by atoms with Crippen molar-refractivity contribution >= 4 is 11.6 Å². The van der Waals surface area contributed by atoms with E-state index in [4.69, 9.17) is 4.74 Å². The lowest BCUT2D eigenvalue weighted by Gasteiger charge is -2.17. The zero-order chi connectivity index (χ0) is 15.2. The van der Waals surface area contributed by atoms with Crippen LogP contribution in [0.2, 0.25) is 0 Å². The molecule has 1 aliphatic carbocycles. The predicted octanol–water partition coefficient (Wildman–Crippen LogP) is 4.77. The molecule has 3 nitrogen and oxygen atoms in total. The fraction of sp³-hybridized carbons (Fsp3) is 0.211. The summed E-state index contributed by atoms with van der Waals surface area (Å²) in [4.78, 5) is 12.3. The normalized spacial score (nSPS) is 17.0. The summed E-state index contributed by atoms with van der Waals surface area (Å²) in [7, 11) is 0. The third-order valence-electron chi connectivity index (χ3n) is 3.72. The molecule has 0 aliphatic heterocycles. The highest BCUT2D eigenvalue weighted by molar-refractivity contribution is 5.92. The van der Waals surface area contributed by atoms with E-state index in [2.05, 4.69) is 17.5 Å². The van der Waals surface area contributed by atoms with Crippen LogP contribution in [0, 0.1) is 5.92 Å². The lowest BCUT2D eigenvalue weighted by Crippen LogP contribution is -2.23. The Balaban J connectivity index is 1.66. The van der Waals surface area contributed by atoms with Gasteiger partial charge in [0.05, 0.1) is 0 Å². The number of benzene rings is 2. The smallest absolute Gasteiger partial charge is 0.227 e. The number of allylic oxidation sites excluding steroid dienone is 2. The molecule has 0 saturated heterocycles. The number of hydrogen-bond donors (Lipinski definition) is 1. The van der Waals surface area contributed by atoms with Crippen molar-refractivity contribution in [3.63, 3.8) is 0 Å². The van der Waals surface area contributed by atoms with E-state index in [9.17, 15) is 4.79 Å². The molecule has 112 valence electrons. The zero-order valence-corrected chi connectivity index (χ0v) is 12.4. The van der Waals surface area contributed by atoms with E-state index < -0.39 is 0 Å². The Morgan fingerprint density at radius 3 is 2.59 bits per heavy atom. The van der Waals surface area contributed by atoms with Crippen molar-refractivity contribution < 1.29 is 9.53 Å². The van der Waals surface area contributed by atoms with Crippen LogP contribution in [0.15, 0.2) is 66.7 Å². The number of carbonyl (C=O) groups is 1. The third-order valence-corrected chi connectivity index (χ3v) is 3.72. The minimum absolute atomic E-state index is 0.0729. The summed E-state index contributed by atoms with van der Waals surface area (Å²) in [5.41, 5.74) is 0.771. The second-order valence-electron chi connectivity index (χ2n) is 5.41. The lowest BCUT2D eigenvalue weighted by atomic mass is 9.93. The van der Waals surface area contributed by atoms with Crippen LogP contribution in [0.25, 0.3) is 0 Å². The summed E-state index contributed by atoms with van der Waals surface area (Å²) >= 11 is 0. The van der Waals surface area contributed by atoms with E-state index in [0.29, 0.717) is 5.75 Å². The van der Waals surface area contributed by atoms with Crippen molar-refractivity contribution in [3.8, 4) is 11.5 Å². The van der Waals surface area contributed by atoms with Gasteiger partial charge in [-0.25, -0.2) is 0 Å². The SMILES string of the molecule is O=C(Nc1cccc(Oc2ccccc2)c1)C1CC=CCC1. The molecule has 0 heterocycles. The second-order valence-corrected chi connectivity index (χ2v) is 5.41. The number of amides is 1. The third kappa shape index (κ3) is 3.76. The fourth-order valence-electron chi connectivity index (χ4n) is 2.54. The molecule has 2 aromatic carbocycles. The first-order chi connectivity index (χ1) is 10.8. The van der Waals surface area contributed by atoms with Crippen molar-refractivity contribution in [2.24, 2.45) is 5.92 Å². The molecule has 3 heteroatoms. The Labute approximate surface area is 130 Å². The topological polar surface area (TPSA) is 38.3 Å². The first-order valence-corrected chi connectivity index (χ1v) is 7.60. The van der Waals surface area contributed by atoms with Gasteiger partial charge in [0.1, 0.15) is 11.5 Å². The Morgan fingerprint density at radius 2 is 1.82 bits per heavy atom. The molecule has 2 aromatic rings. The molecule has 0 bridgehead atoms. The fourth-order valence-corrected chi connectivity index (χ4v) is 2.54. The van der Waals surface area contributed by atoms with Gasteiger partial charge in [0.25, 0.3) is 0 Å². The van der Waals surface area contributed by atoms with Crippen molar-refractivity contribution in [1.82, 2.24) is 0 Å². The van der Waals surface area contributed by atoms with Crippen molar-refractivity contribution in [1.29, 1.82) is 0 Å². The summed E-state index contributed by atoms with van der Waals surface area (Å²) in [6.07, 6.45) is 6.95. The molecule has 0 fully saturated rings. The number of nitrogens with one attached hydrogen (secondary N) is 1. The van der Waals surface area contributed by atoms with Gasteiger partial charge in [-0.2, -0.15) is 0 Å². The van der Waals surface area contributed by atoms with E-state index in [1.807, 2.05) is 54.6 Å². The largest absolute Gasteiger partial charge is 0.457 e. The van der Waals surface area contributed by atoms with Gasteiger partial charge < -0.3 is 10.1 Å². The highest BCUT2D eigenvalue weighted by Crippen LogP contribution is 2.25. The number of hydrogen-bond acceptors (Lipinski definition) is 2. The molecular formula is C19H19NO2. The van der Waals surface area contributed by atoms with Crippen molar-refractivity contribution in [2.75, 3.05) is 5.32 Å². The van der Waals surface area contributed by atoms with E-state index in [-0.39, 0.29) is 11.8 Å². The van der Waals surface area contributed by atoms with Crippen LogP contribution in [0.4, 0.5) is 5.69 Å². The molecule has 1 atom stereocenters. The zero-order valence-electron chi connectivity index (χ0n) is 12.4. The summed E-state index contributed by atoms with van der Waals surface area (Å²) in [5, 5.41) is 2.98. The van der Waals surface area contributed by atoms with Crippen LogP contribution in [0.5, 0.6) is 11.5 Å². The van der Waals surface area contributed by atoms with Gasteiger partial charge in [0, 0.05) is 17.7 Å². The first-order valence-electron chi connectivity index (χ1n) is 7.60. The molecule has 1 amide bonds.